The molecule has 3 aromatic rings. The molecule has 134 valence electrons. The number of aryl methyl sites for hydroxylation is 1. The van der Waals surface area contributed by atoms with Crippen LogP contribution in [0.1, 0.15) is 29.0 Å². The Bertz CT molecular complexity index is 910. The highest BCUT2D eigenvalue weighted by Crippen LogP contribution is 2.22. The number of para-hydroxylation sites is 1. The molecule has 1 aliphatic rings. The smallest absolute Gasteiger partial charge is 0.251 e. The number of fused-ring (bicyclic) bond motifs is 1. The van der Waals surface area contributed by atoms with Gasteiger partial charge in [-0.15, -0.1) is 0 Å². The van der Waals surface area contributed by atoms with E-state index in [1.807, 2.05) is 43.3 Å². The van der Waals surface area contributed by atoms with E-state index in [1.54, 1.807) is 0 Å². The van der Waals surface area contributed by atoms with Gasteiger partial charge >= 0.3 is 0 Å². The predicted octanol–water partition coefficient (Wildman–Crippen LogP) is 3.06. The molecule has 26 heavy (non-hydrogen) atoms. The lowest BCUT2D eigenvalue weighted by Gasteiger charge is -2.10. The quantitative estimate of drug-likeness (QED) is 0.745. The lowest BCUT2D eigenvalue weighted by atomic mass is 10.1. The van der Waals surface area contributed by atoms with E-state index in [0.29, 0.717) is 11.5 Å². The average molecular weight is 348 g/mol. The van der Waals surface area contributed by atoms with Gasteiger partial charge in [0.25, 0.3) is 5.91 Å². The van der Waals surface area contributed by atoms with Gasteiger partial charge in [0, 0.05) is 17.8 Å². The number of carbonyl (C=O) groups excluding carboxylic acids is 1. The minimum atomic E-state index is -0.0234. The molecule has 1 fully saturated rings. The van der Waals surface area contributed by atoms with E-state index >= 15 is 0 Å². The zero-order chi connectivity index (χ0) is 17.9. The number of carbonyl (C=O) groups is 1. The van der Waals surface area contributed by atoms with Crippen molar-refractivity contribution in [3.8, 4) is 5.69 Å². The summed E-state index contributed by atoms with van der Waals surface area (Å²) in [5.74, 6) is 1.57. The van der Waals surface area contributed by atoms with Gasteiger partial charge in [0.2, 0.25) is 0 Å². The van der Waals surface area contributed by atoms with E-state index in [-0.39, 0.29) is 5.91 Å². The van der Waals surface area contributed by atoms with Crippen LogP contribution in [-0.4, -0.2) is 35.1 Å². The number of hydrogen-bond acceptors (Lipinski definition) is 3. The molecule has 1 atom stereocenters. The monoisotopic (exact) mass is 348 g/mol. The second-order valence-corrected chi connectivity index (χ2v) is 6.94. The number of benzene rings is 2. The van der Waals surface area contributed by atoms with E-state index in [0.717, 1.165) is 48.6 Å². The van der Waals surface area contributed by atoms with Crippen LogP contribution in [0.25, 0.3) is 16.7 Å². The first kappa shape index (κ1) is 16.8. The summed E-state index contributed by atoms with van der Waals surface area (Å²) in [6.45, 7) is 4.87. The van der Waals surface area contributed by atoms with E-state index in [9.17, 15) is 4.79 Å². The summed E-state index contributed by atoms with van der Waals surface area (Å²) in [6.07, 6.45) is 2.24. The Morgan fingerprint density at radius 1 is 1.27 bits per heavy atom. The van der Waals surface area contributed by atoms with Crippen LogP contribution < -0.4 is 10.6 Å². The summed E-state index contributed by atoms with van der Waals surface area (Å²) in [5.41, 5.74) is 3.61. The Morgan fingerprint density at radius 2 is 2.12 bits per heavy atom. The zero-order valence-corrected chi connectivity index (χ0v) is 15.0. The number of imidazole rings is 1. The summed E-state index contributed by atoms with van der Waals surface area (Å²) in [5, 5.41) is 6.40. The second kappa shape index (κ2) is 7.30. The van der Waals surface area contributed by atoms with Crippen LogP contribution in [0.4, 0.5) is 0 Å². The molecular weight excluding hydrogens is 324 g/mol. The van der Waals surface area contributed by atoms with Gasteiger partial charge in [-0.2, -0.15) is 0 Å². The first-order chi connectivity index (χ1) is 12.7. The van der Waals surface area contributed by atoms with Crippen molar-refractivity contribution < 1.29 is 4.79 Å². The SMILES string of the molecule is Cc1nc2cc(C(=O)NCCC3CCNC3)ccc2n1-c1ccccc1. The van der Waals surface area contributed by atoms with Gasteiger partial charge in [0.1, 0.15) is 5.82 Å². The fourth-order valence-electron chi connectivity index (χ4n) is 3.70. The molecule has 1 aromatic heterocycles. The number of aromatic nitrogens is 2. The highest BCUT2D eigenvalue weighted by atomic mass is 16.1. The number of nitrogens with one attached hydrogen (secondary N) is 2. The maximum Gasteiger partial charge on any atom is 0.251 e. The van der Waals surface area contributed by atoms with Crippen molar-refractivity contribution in [3.63, 3.8) is 0 Å². The zero-order valence-electron chi connectivity index (χ0n) is 15.0. The van der Waals surface area contributed by atoms with Gasteiger partial charge in [0.15, 0.2) is 0 Å². The van der Waals surface area contributed by atoms with E-state index in [4.69, 9.17) is 0 Å². The van der Waals surface area contributed by atoms with Crippen molar-refractivity contribution in [2.45, 2.75) is 19.8 Å². The third kappa shape index (κ3) is 3.35. The van der Waals surface area contributed by atoms with Crippen molar-refractivity contribution >= 4 is 16.9 Å². The van der Waals surface area contributed by atoms with Crippen LogP contribution in [0, 0.1) is 12.8 Å². The molecule has 0 spiro atoms. The lowest BCUT2D eigenvalue weighted by Crippen LogP contribution is -2.26. The first-order valence-electron chi connectivity index (χ1n) is 9.26. The Labute approximate surface area is 153 Å². The maximum atomic E-state index is 12.5. The molecule has 5 nitrogen and oxygen atoms in total. The summed E-state index contributed by atoms with van der Waals surface area (Å²) in [6, 6.07) is 15.9. The summed E-state index contributed by atoms with van der Waals surface area (Å²) >= 11 is 0. The molecule has 1 unspecified atom stereocenters. The van der Waals surface area contributed by atoms with Crippen molar-refractivity contribution in [1.82, 2.24) is 20.2 Å². The second-order valence-electron chi connectivity index (χ2n) is 6.94. The Kier molecular flexibility index (Phi) is 4.71. The van der Waals surface area contributed by atoms with Gasteiger partial charge in [-0.3, -0.25) is 9.36 Å². The molecule has 5 heteroatoms. The molecule has 4 rings (SSSR count). The minimum absolute atomic E-state index is 0.0234. The molecule has 0 saturated carbocycles. The molecule has 2 N–H and O–H groups in total. The molecule has 1 aliphatic heterocycles. The van der Waals surface area contributed by atoms with Gasteiger partial charge in [-0.1, -0.05) is 18.2 Å². The molecule has 0 bridgehead atoms. The number of hydrogen-bond donors (Lipinski definition) is 2. The molecular formula is C21H24N4O. The van der Waals surface area contributed by atoms with E-state index in [1.165, 1.54) is 6.42 Å². The van der Waals surface area contributed by atoms with Crippen LogP contribution in [0.2, 0.25) is 0 Å². The predicted molar refractivity (Wildman–Crippen MR) is 104 cm³/mol. The van der Waals surface area contributed by atoms with Gasteiger partial charge in [0.05, 0.1) is 11.0 Å². The molecule has 0 aliphatic carbocycles. The summed E-state index contributed by atoms with van der Waals surface area (Å²) in [4.78, 5) is 17.1. The normalized spacial score (nSPS) is 16.9. The number of amides is 1. The van der Waals surface area contributed by atoms with Crippen LogP contribution in [-0.2, 0) is 0 Å². The molecule has 0 radical (unpaired) electrons. The van der Waals surface area contributed by atoms with Crippen molar-refractivity contribution in [1.29, 1.82) is 0 Å². The fourth-order valence-corrected chi connectivity index (χ4v) is 3.70. The third-order valence-corrected chi connectivity index (χ3v) is 5.10. The maximum absolute atomic E-state index is 12.5. The van der Waals surface area contributed by atoms with Gasteiger partial charge in [-0.05, 0) is 69.1 Å². The molecule has 1 saturated heterocycles. The summed E-state index contributed by atoms with van der Waals surface area (Å²) in [7, 11) is 0. The lowest BCUT2D eigenvalue weighted by molar-refractivity contribution is 0.0952. The third-order valence-electron chi connectivity index (χ3n) is 5.10. The highest BCUT2D eigenvalue weighted by Gasteiger charge is 2.15. The standard InChI is InChI=1S/C21H24N4O/c1-15-24-19-13-17(21(26)23-12-10-16-9-11-22-14-16)7-8-20(19)25(15)18-5-3-2-4-6-18/h2-8,13,16,22H,9-12,14H2,1H3,(H,23,26). The Hall–Kier alpha value is -2.66. The van der Waals surface area contributed by atoms with Crippen LogP contribution >= 0.6 is 0 Å². The highest BCUT2D eigenvalue weighted by molar-refractivity contribution is 5.97. The van der Waals surface area contributed by atoms with Crippen LogP contribution in [0.15, 0.2) is 48.5 Å². The van der Waals surface area contributed by atoms with Crippen LogP contribution in [0.3, 0.4) is 0 Å². The van der Waals surface area contributed by atoms with Crippen molar-refractivity contribution in [2.75, 3.05) is 19.6 Å². The van der Waals surface area contributed by atoms with Crippen molar-refractivity contribution in [3.05, 3.63) is 59.9 Å². The minimum Gasteiger partial charge on any atom is -0.352 e. The summed E-state index contributed by atoms with van der Waals surface area (Å²) < 4.78 is 2.12. The van der Waals surface area contributed by atoms with Crippen LogP contribution in [0.5, 0.6) is 0 Å². The topological polar surface area (TPSA) is 59.0 Å². The molecule has 2 aromatic carbocycles. The Morgan fingerprint density at radius 3 is 2.88 bits per heavy atom. The van der Waals surface area contributed by atoms with E-state index in [2.05, 4.69) is 32.3 Å². The van der Waals surface area contributed by atoms with Gasteiger partial charge < -0.3 is 10.6 Å². The average Bonchev–Trinajstić information content (AvgIpc) is 3.28. The van der Waals surface area contributed by atoms with E-state index < -0.39 is 0 Å². The Balaban J connectivity index is 1.51. The fraction of sp³-hybridized carbons (Fsp3) is 0.333. The number of rotatable bonds is 5. The van der Waals surface area contributed by atoms with Gasteiger partial charge in [-0.25, -0.2) is 4.98 Å². The number of nitrogens with zero attached hydrogens (tertiary/aromatic N) is 2. The molecule has 2 heterocycles. The first-order valence-corrected chi connectivity index (χ1v) is 9.26. The van der Waals surface area contributed by atoms with Crippen molar-refractivity contribution in [2.24, 2.45) is 5.92 Å². The largest absolute Gasteiger partial charge is 0.352 e. The molecule has 1 amide bonds.